The third-order valence-electron chi connectivity index (χ3n) is 5.02. The lowest BCUT2D eigenvalue weighted by atomic mass is 9.64. The van der Waals surface area contributed by atoms with Crippen LogP contribution in [0.4, 0.5) is 0 Å². The highest BCUT2D eigenvalue weighted by Gasteiger charge is 2.36. The fourth-order valence-corrected chi connectivity index (χ4v) is 3.97. The van der Waals surface area contributed by atoms with Gasteiger partial charge in [-0.3, -0.25) is 0 Å². The largest absolute Gasteiger partial charge is 0.497 e. The van der Waals surface area contributed by atoms with Crippen LogP contribution in [-0.2, 0) is 5.41 Å². The third-order valence-corrected chi connectivity index (χ3v) is 5.27. The Morgan fingerprint density at radius 2 is 1.73 bits per heavy atom. The molecule has 1 fully saturated rings. The van der Waals surface area contributed by atoms with Crippen LogP contribution in [0.25, 0.3) is 0 Å². The first-order valence-electron chi connectivity index (χ1n) is 8.12. The molecule has 1 aromatic rings. The molecule has 0 heterocycles. The summed E-state index contributed by atoms with van der Waals surface area (Å²) in [6.45, 7) is 0. The predicted molar refractivity (Wildman–Crippen MR) is 93.5 cm³/mol. The molecule has 2 aliphatic rings. The lowest BCUT2D eigenvalue weighted by Crippen LogP contribution is -2.31. The molecule has 1 saturated carbocycles. The molecule has 2 aliphatic carbocycles. The van der Waals surface area contributed by atoms with Crippen LogP contribution < -0.4 is 4.74 Å². The highest BCUT2D eigenvalue weighted by molar-refractivity contribution is 6.31. The Morgan fingerprint density at radius 3 is 2.41 bits per heavy atom. The van der Waals surface area contributed by atoms with Crippen LogP contribution in [0.1, 0.15) is 44.1 Å². The topological polar surface area (TPSA) is 9.23 Å². The van der Waals surface area contributed by atoms with Crippen LogP contribution >= 0.6 is 11.6 Å². The minimum atomic E-state index is 0.160. The van der Waals surface area contributed by atoms with Crippen molar-refractivity contribution in [2.75, 3.05) is 7.11 Å². The standard InChI is InChI=1S/C20H23ClO/c1-22-19-12-9-17(10-13-19)20(14-3-2-4-15-20)16-6-5-7-18(21)11-8-16/h5,7-13H,2-4,6,14-15H2,1H3. The molecule has 0 saturated heterocycles. The molecule has 0 radical (unpaired) electrons. The summed E-state index contributed by atoms with van der Waals surface area (Å²) in [6.07, 6.45) is 15.9. The molecule has 116 valence electrons. The van der Waals surface area contributed by atoms with E-state index in [0.29, 0.717) is 0 Å². The van der Waals surface area contributed by atoms with E-state index in [-0.39, 0.29) is 5.41 Å². The number of hydrogen-bond acceptors (Lipinski definition) is 1. The van der Waals surface area contributed by atoms with Gasteiger partial charge in [-0.1, -0.05) is 60.7 Å². The third kappa shape index (κ3) is 3.01. The molecule has 3 rings (SSSR count). The summed E-state index contributed by atoms with van der Waals surface area (Å²) in [4.78, 5) is 0. The van der Waals surface area contributed by atoms with Crippen LogP contribution in [0.5, 0.6) is 5.75 Å². The minimum Gasteiger partial charge on any atom is -0.497 e. The van der Waals surface area contributed by atoms with Gasteiger partial charge < -0.3 is 4.74 Å². The van der Waals surface area contributed by atoms with Gasteiger partial charge in [0.05, 0.1) is 7.11 Å². The number of halogens is 1. The first-order chi connectivity index (χ1) is 10.7. The summed E-state index contributed by atoms with van der Waals surface area (Å²) < 4.78 is 5.32. The molecule has 22 heavy (non-hydrogen) atoms. The van der Waals surface area contributed by atoms with Gasteiger partial charge >= 0.3 is 0 Å². The Kier molecular flexibility index (Phi) is 4.73. The number of hydrogen-bond donors (Lipinski definition) is 0. The molecule has 0 atom stereocenters. The zero-order valence-corrected chi connectivity index (χ0v) is 13.9. The Bertz CT molecular complexity index is 601. The second kappa shape index (κ2) is 6.75. The van der Waals surface area contributed by atoms with E-state index >= 15 is 0 Å². The van der Waals surface area contributed by atoms with Crippen molar-refractivity contribution < 1.29 is 4.74 Å². The fraction of sp³-hybridized carbons (Fsp3) is 0.400. The van der Waals surface area contributed by atoms with E-state index in [9.17, 15) is 0 Å². The van der Waals surface area contributed by atoms with Crippen molar-refractivity contribution in [1.82, 2.24) is 0 Å². The number of rotatable bonds is 3. The van der Waals surface area contributed by atoms with E-state index in [1.165, 1.54) is 43.2 Å². The highest BCUT2D eigenvalue weighted by atomic mass is 35.5. The van der Waals surface area contributed by atoms with Gasteiger partial charge in [0.1, 0.15) is 5.75 Å². The number of allylic oxidation sites excluding steroid dienone is 6. The Morgan fingerprint density at radius 1 is 1.00 bits per heavy atom. The molecule has 1 aromatic carbocycles. The van der Waals surface area contributed by atoms with Crippen LogP contribution in [-0.4, -0.2) is 7.11 Å². The van der Waals surface area contributed by atoms with Gasteiger partial charge in [-0.15, -0.1) is 0 Å². The van der Waals surface area contributed by atoms with E-state index in [1.807, 2.05) is 12.2 Å². The molecular weight excluding hydrogens is 292 g/mol. The monoisotopic (exact) mass is 314 g/mol. The first kappa shape index (κ1) is 15.4. The van der Waals surface area contributed by atoms with E-state index in [4.69, 9.17) is 16.3 Å². The maximum Gasteiger partial charge on any atom is 0.118 e. The molecule has 0 spiro atoms. The maximum absolute atomic E-state index is 6.17. The second-order valence-corrected chi connectivity index (χ2v) is 6.66. The van der Waals surface area contributed by atoms with Gasteiger partial charge in [-0.25, -0.2) is 0 Å². The predicted octanol–water partition coefficient (Wildman–Crippen LogP) is 5.91. The summed E-state index contributed by atoms with van der Waals surface area (Å²) in [7, 11) is 1.72. The SMILES string of the molecule is COc1ccc(C2(C3=CC=C(Cl)C=CC3)CCCCC2)cc1. The first-order valence-corrected chi connectivity index (χ1v) is 8.50. The van der Waals surface area contributed by atoms with Crippen molar-refractivity contribution in [3.63, 3.8) is 0 Å². The minimum absolute atomic E-state index is 0.160. The molecular formula is C20H23ClO. The van der Waals surface area contributed by atoms with Crippen molar-refractivity contribution in [1.29, 1.82) is 0 Å². The fourth-order valence-electron chi connectivity index (χ4n) is 3.82. The molecule has 0 aromatic heterocycles. The van der Waals surface area contributed by atoms with Crippen LogP contribution in [0, 0.1) is 0 Å². The summed E-state index contributed by atoms with van der Waals surface area (Å²) in [6, 6.07) is 8.65. The summed E-state index contributed by atoms with van der Waals surface area (Å²) in [5.74, 6) is 0.924. The molecule has 0 bridgehead atoms. The molecule has 2 heteroatoms. The van der Waals surface area contributed by atoms with Gasteiger partial charge in [-0.2, -0.15) is 0 Å². The van der Waals surface area contributed by atoms with E-state index in [2.05, 4.69) is 36.4 Å². The van der Waals surface area contributed by atoms with Crippen molar-refractivity contribution in [2.45, 2.75) is 43.9 Å². The summed E-state index contributed by atoms with van der Waals surface area (Å²) >= 11 is 6.17. The quantitative estimate of drug-likeness (QED) is 0.674. The van der Waals surface area contributed by atoms with Crippen molar-refractivity contribution >= 4 is 11.6 Å². The average Bonchev–Trinajstić information content (AvgIpc) is 2.80. The van der Waals surface area contributed by atoms with E-state index < -0.39 is 0 Å². The lowest BCUT2D eigenvalue weighted by molar-refractivity contribution is 0.335. The Labute approximate surface area is 138 Å². The smallest absolute Gasteiger partial charge is 0.118 e. The lowest BCUT2D eigenvalue weighted by Gasteiger charge is -2.40. The van der Waals surface area contributed by atoms with Crippen molar-refractivity contribution in [3.8, 4) is 5.75 Å². The maximum atomic E-state index is 6.17. The van der Waals surface area contributed by atoms with Crippen LogP contribution in [0.15, 0.2) is 59.2 Å². The number of ether oxygens (including phenoxy) is 1. The molecule has 0 amide bonds. The van der Waals surface area contributed by atoms with Gasteiger partial charge in [0.2, 0.25) is 0 Å². The summed E-state index contributed by atoms with van der Waals surface area (Å²) in [5, 5.41) is 0.815. The molecule has 0 unspecified atom stereocenters. The molecule has 1 nitrogen and oxygen atoms in total. The van der Waals surface area contributed by atoms with Crippen molar-refractivity contribution in [3.05, 3.63) is 64.7 Å². The van der Waals surface area contributed by atoms with E-state index in [1.54, 1.807) is 7.11 Å². The van der Waals surface area contributed by atoms with Gasteiger partial charge in [0.25, 0.3) is 0 Å². The second-order valence-electron chi connectivity index (χ2n) is 6.22. The molecule has 0 N–H and O–H groups in total. The van der Waals surface area contributed by atoms with E-state index in [0.717, 1.165) is 17.2 Å². The van der Waals surface area contributed by atoms with Crippen LogP contribution in [0.3, 0.4) is 0 Å². The zero-order chi connectivity index (χ0) is 15.4. The normalized spacial score (nSPS) is 20.8. The van der Waals surface area contributed by atoms with Crippen molar-refractivity contribution in [2.24, 2.45) is 0 Å². The summed E-state index contributed by atoms with van der Waals surface area (Å²) in [5.41, 5.74) is 3.07. The Hall–Kier alpha value is -1.47. The number of benzene rings is 1. The molecule has 0 aliphatic heterocycles. The zero-order valence-electron chi connectivity index (χ0n) is 13.1. The Balaban J connectivity index is 2.02. The van der Waals surface area contributed by atoms with Gasteiger partial charge in [0, 0.05) is 10.4 Å². The van der Waals surface area contributed by atoms with Gasteiger partial charge in [-0.05, 0) is 49.1 Å². The average molecular weight is 315 g/mol. The number of methoxy groups -OCH3 is 1. The van der Waals surface area contributed by atoms with Gasteiger partial charge in [0.15, 0.2) is 0 Å². The highest BCUT2D eigenvalue weighted by Crippen LogP contribution is 2.47. The van der Waals surface area contributed by atoms with Crippen LogP contribution in [0.2, 0.25) is 0 Å².